The first-order valence-electron chi connectivity index (χ1n) is 15.8. The molecule has 5 heterocycles. The summed E-state index contributed by atoms with van der Waals surface area (Å²) in [5.41, 5.74) is 2.40. The van der Waals surface area contributed by atoms with E-state index in [9.17, 15) is 8.42 Å². The molecule has 11 heteroatoms. The molecule has 2 fully saturated rings. The Morgan fingerprint density at radius 3 is 2.61 bits per heavy atom. The van der Waals surface area contributed by atoms with E-state index in [4.69, 9.17) is 4.74 Å². The van der Waals surface area contributed by atoms with Crippen LogP contribution in [-0.4, -0.2) is 67.6 Å². The van der Waals surface area contributed by atoms with Crippen molar-refractivity contribution in [3.63, 3.8) is 0 Å². The van der Waals surface area contributed by atoms with Crippen molar-refractivity contribution in [1.29, 1.82) is 0 Å². The fourth-order valence-corrected chi connectivity index (χ4v) is 8.44. The van der Waals surface area contributed by atoms with Gasteiger partial charge in [-0.15, -0.1) is 0 Å². The molecule has 0 unspecified atom stereocenters. The van der Waals surface area contributed by atoms with Crippen LogP contribution in [0.1, 0.15) is 79.7 Å². The molecule has 3 aromatic rings. The monoisotopic (exact) mass is 630 g/mol. The molecule has 2 aromatic carbocycles. The Balaban J connectivity index is 1.35. The first-order valence-corrected chi connectivity index (χ1v) is 17.6. The topological polar surface area (TPSA) is 84.4 Å². The number of anilines is 1. The second-order valence-electron chi connectivity index (χ2n) is 12.8. The fourth-order valence-electron chi connectivity index (χ4n) is 6.95. The average molecular weight is 631 g/mol. The van der Waals surface area contributed by atoms with E-state index >= 15 is 13.2 Å². The van der Waals surface area contributed by atoms with Crippen molar-refractivity contribution in [2.75, 3.05) is 49.7 Å². The lowest BCUT2D eigenvalue weighted by Gasteiger charge is -2.41. The molecular weight excluding hydrogens is 589 g/mol. The predicted molar refractivity (Wildman–Crippen MR) is 165 cm³/mol. The first kappa shape index (κ1) is 31.2. The Morgan fingerprint density at radius 1 is 1.05 bits per heavy atom. The summed E-state index contributed by atoms with van der Waals surface area (Å²) in [5, 5.41) is 4.04. The van der Waals surface area contributed by atoms with E-state index in [-0.39, 0.29) is 35.3 Å². The molecule has 0 saturated carbocycles. The number of ether oxygens (including phenoxy) is 1. The average Bonchev–Trinajstić information content (AvgIpc) is 2.96. The molecule has 7 nitrogen and oxygen atoms in total. The van der Waals surface area contributed by atoms with Gasteiger partial charge < -0.3 is 15.0 Å². The zero-order chi connectivity index (χ0) is 30.9. The van der Waals surface area contributed by atoms with Crippen LogP contribution in [0, 0.1) is 11.7 Å². The molecule has 0 aliphatic carbocycles. The number of sulfone groups is 1. The normalized spacial score (nSPS) is 26.6. The van der Waals surface area contributed by atoms with E-state index in [1.807, 2.05) is 6.07 Å². The van der Waals surface area contributed by atoms with E-state index in [1.165, 1.54) is 18.5 Å². The first-order chi connectivity index (χ1) is 21.1. The third-order valence-corrected chi connectivity index (χ3v) is 11.1. The number of aryl methyl sites for hydroxylation is 1. The third-order valence-electron chi connectivity index (χ3n) is 9.43. The van der Waals surface area contributed by atoms with Gasteiger partial charge in [-0.3, -0.25) is 0 Å². The highest BCUT2D eigenvalue weighted by Crippen LogP contribution is 2.41. The minimum Gasteiger partial charge on any atom is -0.381 e. The SMILES string of the molecule is C[C@H]1Nc2ncnc3c(cc(C4CCS(=O)(=O)CC4)cc23)CCCOCCCCN2CC(C2)CC(F)(F)c2cccc1c2F. The van der Waals surface area contributed by atoms with Crippen molar-refractivity contribution < 1.29 is 26.3 Å². The molecule has 0 spiro atoms. The van der Waals surface area contributed by atoms with E-state index < -0.39 is 33.2 Å². The number of nitrogens with zero attached hydrogens (tertiary/aromatic N) is 3. The minimum absolute atomic E-state index is 0.0836. The predicted octanol–water partition coefficient (Wildman–Crippen LogP) is 6.39. The van der Waals surface area contributed by atoms with Crippen LogP contribution in [0.5, 0.6) is 0 Å². The van der Waals surface area contributed by atoms with Gasteiger partial charge in [0.25, 0.3) is 5.92 Å². The van der Waals surface area contributed by atoms with Gasteiger partial charge in [-0.25, -0.2) is 31.6 Å². The molecule has 1 aromatic heterocycles. The zero-order valence-electron chi connectivity index (χ0n) is 25.2. The lowest BCUT2D eigenvalue weighted by molar-refractivity contribution is -0.0594. The quantitative estimate of drug-likeness (QED) is 0.334. The maximum absolute atomic E-state index is 15.8. The molecule has 4 aliphatic rings. The molecule has 1 atom stereocenters. The maximum Gasteiger partial charge on any atom is 0.276 e. The molecule has 2 saturated heterocycles. The van der Waals surface area contributed by atoms with Crippen molar-refractivity contribution >= 4 is 26.6 Å². The number of alkyl halides is 2. The number of hydrogen-bond acceptors (Lipinski definition) is 7. The standard InChI is InChI=1S/C33H41F3N4O3S/c1-22-27-7-4-8-29(30(27)34)33(35,36)18-23-19-40(20-23)11-2-3-12-43-13-5-6-25-16-26(24-9-14-44(41,42)15-10-24)17-28-31(25)37-21-38-32(28)39-22/h4,7-8,16-17,21-24H,2-3,5-6,9-15,18-20H2,1H3,(H,37,38,39)/t22-/m1/s1. The van der Waals surface area contributed by atoms with Gasteiger partial charge in [0.1, 0.15) is 27.8 Å². The maximum atomic E-state index is 15.8. The number of nitrogens with one attached hydrogen (secondary N) is 1. The van der Waals surface area contributed by atoms with Gasteiger partial charge in [0.15, 0.2) is 0 Å². The lowest BCUT2D eigenvalue weighted by atomic mass is 9.88. The van der Waals surface area contributed by atoms with Crippen molar-refractivity contribution in [3.05, 3.63) is 64.7 Å². The molecule has 238 valence electrons. The summed E-state index contributed by atoms with van der Waals surface area (Å²) in [4.78, 5) is 11.3. The van der Waals surface area contributed by atoms with Crippen molar-refractivity contribution in [1.82, 2.24) is 14.9 Å². The highest BCUT2D eigenvalue weighted by molar-refractivity contribution is 7.91. The Hall–Kier alpha value is -2.76. The Kier molecular flexibility index (Phi) is 9.17. The summed E-state index contributed by atoms with van der Waals surface area (Å²) in [6.07, 6.45) is 5.56. The van der Waals surface area contributed by atoms with Crippen molar-refractivity contribution in [2.45, 2.75) is 69.8 Å². The number of halogens is 3. The molecular formula is C33H41F3N4O3S. The molecule has 8 bridgehead atoms. The minimum atomic E-state index is -3.28. The molecule has 0 radical (unpaired) electrons. The highest BCUT2D eigenvalue weighted by Gasteiger charge is 2.41. The third kappa shape index (κ3) is 6.89. The van der Waals surface area contributed by atoms with Crippen molar-refractivity contribution in [3.8, 4) is 0 Å². The van der Waals surface area contributed by atoms with Gasteiger partial charge in [0.05, 0.1) is 28.6 Å². The van der Waals surface area contributed by atoms with Crippen LogP contribution in [0.2, 0.25) is 0 Å². The molecule has 4 aliphatic heterocycles. The van der Waals surface area contributed by atoms with E-state index in [2.05, 4.69) is 26.3 Å². The smallest absolute Gasteiger partial charge is 0.276 e. The number of fused-ring (bicyclic) bond motifs is 9. The van der Waals surface area contributed by atoms with Gasteiger partial charge in [-0.05, 0) is 81.0 Å². The number of hydrogen-bond donors (Lipinski definition) is 1. The van der Waals surface area contributed by atoms with Crippen LogP contribution >= 0.6 is 0 Å². The van der Waals surface area contributed by atoms with Crippen LogP contribution in [-0.2, 0) is 26.9 Å². The van der Waals surface area contributed by atoms with Gasteiger partial charge in [-0.2, -0.15) is 0 Å². The van der Waals surface area contributed by atoms with E-state index in [0.29, 0.717) is 45.0 Å². The van der Waals surface area contributed by atoms with Crippen molar-refractivity contribution in [2.24, 2.45) is 5.92 Å². The Morgan fingerprint density at radius 2 is 1.82 bits per heavy atom. The molecule has 1 N–H and O–H groups in total. The second kappa shape index (κ2) is 12.9. The van der Waals surface area contributed by atoms with Crippen LogP contribution < -0.4 is 5.32 Å². The summed E-state index contributed by atoms with van der Waals surface area (Å²) < 4.78 is 76.9. The summed E-state index contributed by atoms with van der Waals surface area (Å²) in [6.45, 7) is 5.06. The van der Waals surface area contributed by atoms with Gasteiger partial charge in [0.2, 0.25) is 0 Å². The van der Waals surface area contributed by atoms with Gasteiger partial charge in [0, 0.05) is 43.7 Å². The number of benzene rings is 2. The molecule has 44 heavy (non-hydrogen) atoms. The van der Waals surface area contributed by atoms with Crippen LogP contribution in [0.4, 0.5) is 19.0 Å². The van der Waals surface area contributed by atoms with E-state index in [1.54, 1.807) is 13.0 Å². The summed E-state index contributed by atoms with van der Waals surface area (Å²) in [5.74, 6) is -3.45. The molecule has 7 rings (SSSR count). The van der Waals surface area contributed by atoms with Crippen LogP contribution in [0.25, 0.3) is 10.9 Å². The van der Waals surface area contributed by atoms with Crippen LogP contribution in [0.15, 0.2) is 36.7 Å². The Labute approximate surface area is 257 Å². The number of aromatic nitrogens is 2. The number of rotatable bonds is 1. The fraction of sp³-hybridized carbons (Fsp3) is 0.576. The highest BCUT2D eigenvalue weighted by atomic mass is 32.2. The zero-order valence-corrected chi connectivity index (χ0v) is 26.0. The summed E-state index contributed by atoms with van der Waals surface area (Å²) >= 11 is 0. The summed E-state index contributed by atoms with van der Waals surface area (Å²) in [6, 6.07) is 7.73. The van der Waals surface area contributed by atoms with Gasteiger partial charge in [-0.1, -0.05) is 24.3 Å². The van der Waals surface area contributed by atoms with Crippen LogP contribution in [0.3, 0.4) is 0 Å². The molecule has 0 amide bonds. The second-order valence-corrected chi connectivity index (χ2v) is 15.1. The largest absolute Gasteiger partial charge is 0.381 e. The lowest BCUT2D eigenvalue weighted by Crippen LogP contribution is -2.48. The summed E-state index contributed by atoms with van der Waals surface area (Å²) in [7, 11) is -3.02. The van der Waals surface area contributed by atoms with Gasteiger partial charge >= 0.3 is 0 Å². The van der Waals surface area contributed by atoms with E-state index in [0.717, 1.165) is 54.3 Å². The Bertz CT molecular complexity index is 1580.